The molecule has 0 saturated carbocycles. The van der Waals surface area contributed by atoms with E-state index in [-0.39, 0.29) is 17.8 Å². The lowest BCUT2D eigenvalue weighted by atomic mass is 10.2. The third kappa shape index (κ3) is 1.94. The Morgan fingerprint density at radius 2 is 2.36 bits per heavy atom. The third-order valence-corrected chi connectivity index (χ3v) is 2.14. The molecule has 11 heavy (non-hydrogen) atoms. The van der Waals surface area contributed by atoms with Crippen LogP contribution in [-0.2, 0) is 5.92 Å². The molecule has 0 radical (unpaired) electrons. The number of nitrogens with zero attached hydrogens (tertiary/aromatic N) is 1. The van der Waals surface area contributed by atoms with Crippen molar-refractivity contribution in [1.82, 2.24) is 4.98 Å². The maximum absolute atomic E-state index is 12.9. The van der Waals surface area contributed by atoms with E-state index in [1.807, 2.05) is 0 Å². The topological polar surface area (TPSA) is 38.9 Å². The molecule has 0 spiro atoms. The average molecular weight is 178 g/mol. The minimum atomic E-state index is -2.80. The standard InChI is InChI=1S/C6H8F2N2S/c7-6(8,1-2-9)5-3-10-4-11-5/h3-4H,1-2,9H2. The van der Waals surface area contributed by atoms with Gasteiger partial charge in [0.25, 0.3) is 5.92 Å². The molecule has 0 unspecified atom stereocenters. The van der Waals surface area contributed by atoms with Gasteiger partial charge in [-0.25, -0.2) is 8.78 Å². The molecule has 5 heteroatoms. The molecule has 1 heterocycles. The van der Waals surface area contributed by atoms with E-state index in [2.05, 4.69) is 4.98 Å². The van der Waals surface area contributed by atoms with Crippen LogP contribution in [0, 0.1) is 0 Å². The molecule has 2 N–H and O–H groups in total. The van der Waals surface area contributed by atoms with Crippen LogP contribution >= 0.6 is 11.3 Å². The molecule has 62 valence electrons. The van der Waals surface area contributed by atoms with E-state index < -0.39 is 5.92 Å². The van der Waals surface area contributed by atoms with Crippen molar-refractivity contribution in [3.8, 4) is 0 Å². The lowest BCUT2D eigenvalue weighted by molar-refractivity contribution is -0.00702. The summed E-state index contributed by atoms with van der Waals surface area (Å²) >= 11 is 0.953. The fraction of sp³-hybridized carbons (Fsp3) is 0.500. The summed E-state index contributed by atoms with van der Waals surface area (Å²) in [5.74, 6) is -2.80. The van der Waals surface area contributed by atoms with Gasteiger partial charge in [-0.05, 0) is 6.54 Å². The lowest BCUT2D eigenvalue weighted by Crippen LogP contribution is -2.17. The number of thiazole rings is 1. The highest BCUT2D eigenvalue weighted by Crippen LogP contribution is 2.33. The zero-order chi connectivity index (χ0) is 8.32. The Morgan fingerprint density at radius 3 is 2.82 bits per heavy atom. The second kappa shape index (κ2) is 3.23. The van der Waals surface area contributed by atoms with Crippen LogP contribution in [0.15, 0.2) is 11.7 Å². The van der Waals surface area contributed by atoms with E-state index in [4.69, 9.17) is 5.73 Å². The maximum atomic E-state index is 12.9. The zero-order valence-electron chi connectivity index (χ0n) is 5.76. The van der Waals surface area contributed by atoms with Gasteiger partial charge in [-0.3, -0.25) is 4.98 Å². The van der Waals surface area contributed by atoms with E-state index in [0.29, 0.717) is 0 Å². The number of hydrogen-bond donors (Lipinski definition) is 1. The molecule has 1 aromatic heterocycles. The summed E-state index contributed by atoms with van der Waals surface area (Å²) < 4.78 is 25.8. The Bertz CT molecular complexity index is 210. The predicted molar refractivity (Wildman–Crippen MR) is 39.7 cm³/mol. The zero-order valence-corrected chi connectivity index (χ0v) is 6.57. The van der Waals surface area contributed by atoms with E-state index in [1.165, 1.54) is 11.7 Å². The molecule has 0 bridgehead atoms. The van der Waals surface area contributed by atoms with Crippen molar-refractivity contribution in [3.63, 3.8) is 0 Å². The van der Waals surface area contributed by atoms with Gasteiger partial charge < -0.3 is 5.73 Å². The quantitative estimate of drug-likeness (QED) is 0.763. The molecule has 1 aromatic rings. The molecule has 0 aliphatic rings. The minimum Gasteiger partial charge on any atom is -0.330 e. The number of alkyl halides is 2. The first kappa shape index (κ1) is 8.55. The Kier molecular flexibility index (Phi) is 2.51. The number of hydrogen-bond acceptors (Lipinski definition) is 3. The second-order valence-electron chi connectivity index (χ2n) is 2.11. The van der Waals surface area contributed by atoms with Gasteiger partial charge in [0.15, 0.2) is 0 Å². The van der Waals surface area contributed by atoms with Gasteiger partial charge in [0.2, 0.25) is 0 Å². The van der Waals surface area contributed by atoms with Gasteiger partial charge in [0, 0.05) is 12.6 Å². The van der Waals surface area contributed by atoms with Gasteiger partial charge in [0.1, 0.15) is 0 Å². The first-order chi connectivity index (χ1) is 5.17. The van der Waals surface area contributed by atoms with Crippen molar-refractivity contribution in [2.75, 3.05) is 6.54 Å². The van der Waals surface area contributed by atoms with E-state index >= 15 is 0 Å². The normalized spacial score (nSPS) is 11.9. The van der Waals surface area contributed by atoms with Crippen molar-refractivity contribution < 1.29 is 8.78 Å². The van der Waals surface area contributed by atoms with Gasteiger partial charge >= 0.3 is 0 Å². The van der Waals surface area contributed by atoms with Crippen LogP contribution in [0.3, 0.4) is 0 Å². The van der Waals surface area contributed by atoms with E-state index in [0.717, 1.165) is 11.3 Å². The molecule has 0 atom stereocenters. The van der Waals surface area contributed by atoms with Gasteiger partial charge in [-0.2, -0.15) is 0 Å². The summed E-state index contributed by atoms with van der Waals surface area (Å²) in [5.41, 5.74) is 6.41. The van der Waals surface area contributed by atoms with Crippen molar-refractivity contribution in [2.24, 2.45) is 5.73 Å². The van der Waals surface area contributed by atoms with Gasteiger partial charge in [-0.15, -0.1) is 11.3 Å². The van der Waals surface area contributed by atoms with E-state index in [1.54, 1.807) is 0 Å². The Morgan fingerprint density at radius 1 is 1.64 bits per heavy atom. The molecule has 0 saturated heterocycles. The highest BCUT2D eigenvalue weighted by Gasteiger charge is 2.31. The molecule has 0 fully saturated rings. The fourth-order valence-electron chi connectivity index (χ4n) is 0.701. The van der Waals surface area contributed by atoms with Crippen LogP contribution < -0.4 is 5.73 Å². The summed E-state index contributed by atoms with van der Waals surface area (Å²) in [5, 5.41) is 0. The summed E-state index contributed by atoms with van der Waals surface area (Å²) in [7, 11) is 0. The second-order valence-corrected chi connectivity index (χ2v) is 3.00. The van der Waals surface area contributed by atoms with Crippen LogP contribution in [0.1, 0.15) is 11.3 Å². The average Bonchev–Trinajstić information content (AvgIpc) is 2.37. The monoisotopic (exact) mass is 178 g/mol. The molecule has 0 aromatic carbocycles. The lowest BCUT2D eigenvalue weighted by Gasteiger charge is -2.11. The summed E-state index contributed by atoms with van der Waals surface area (Å²) in [6.45, 7) is -0.00903. The van der Waals surface area contributed by atoms with Crippen molar-refractivity contribution >= 4 is 11.3 Å². The first-order valence-corrected chi connectivity index (χ1v) is 4.01. The molecule has 2 nitrogen and oxygen atoms in total. The van der Waals surface area contributed by atoms with Gasteiger partial charge in [-0.1, -0.05) is 0 Å². The molecular weight excluding hydrogens is 170 g/mol. The molecule has 0 aliphatic heterocycles. The van der Waals surface area contributed by atoms with E-state index in [9.17, 15) is 8.78 Å². The predicted octanol–water partition coefficient (Wildman–Crippen LogP) is 1.58. The molecule has 1 rings (SSSR count). The Balaban J connectivity index is 2.73. The maximum Gasteiger partial charge on any atom is 0.284 e. The summed E-state index contributed by atoms with van der Waals surface area (Å²) in [6.07, 6.45) is 0.871. The number of rotatable bonds is 3. The van der Waals surface area contributed by atoms with Crippen LogP contribution in [0.4, 0.5) is 8.78 Å². The largest absolute Gasteiger partial charge is 0.330 e. The first-order valence-electron chi connectivity index (χ1n) is 3.13. The minimum absolute atomic E-state index is 0.00903. The van der Waals surface area contributed by atoms with Crippen LogP contribution in [-0.4, -0.2) is 11.5 Å². The molecule has 0 aliphatic carbocycles. The Hall–Kier alpha value is -0.550. The van der Waals surface area contributed by atoms with Crippen LogP contribution in [0.2, 0.25) is 0 Å². The highest BCUT2D eigenvalue weighted by molar-refractivity contribution is 7.09. The molecule has 0 amide bonds. The Labute approximate surface area is 67.1 Å². The summed E-state index contributed by atoms with van der Waals surface area (Å²) in [6, 6.07) is 0. The van der Waals surface area contributed by atoms with Crippen LogP contribution in [0.5, 0.6) is 0 Å². The third-order valence-electron chi connectivity index (χ3n) is 1.25. The number of nitrogens with two attached hydrogens (primary N) is 1. The number of halogens is 2. The van der Waals surface area contributed by atoms with Crippen molar-refractivity contribution in [2.45, 2.75) is 12.3 Å². The SMILES string of the molecule is NCCC(F)(F)c1cncs1. The highest BCUT2D eigenvalue weighted by atomic mass is 32.1. The van der Waals surface area contributed by atoms with Crippen molar-refractivity contribution in [1.29, 1.82) is 0 Å². The number of aromatic nitrogens is 1. The van der Waals surface area contributed by atoms with Crippen molar-refractivity contribution in [3.05, 3.63) is 16.6 Å². The molecular formula is C6H8F2N2S. The smallest absolute Gasteiger partial charge is 0.284 e. The van der Waals surface area contributed by atoms with Crippen LogP contribution in [0.25, 0.3) is 0 Å². The van der Waals surface area contributed by atoms with Gasteiger partial charge in [0.05, 0.1) is 10.4 Å². The fourth-order valence-corrected chi connectivity index (χ4v) is 1.33. The summed E-state index contributed by atoms with van der Waals surface area (Å²) in [4.78, 5) is 3.56.